The second-order valence-electron chi connectivity index (χ2n) is 5.31. The Kier molecular flexibility index (Phi) is 5.20. The van der Waals surface area contributed by atoms with E-state index in [9.17, 15) is 4.57 Å². The predicted octanol–water partition coefficient (Wildman–Crippen LogP) is 5.27. The maximum absolute atomic E-state index is 13.9. The van der Waals surface area contributed by atoms with Crippen LogP contribution in [0.3, 0.4) is 0 Å². The average molecular weight is 357 g/mol. The molecule has 2 nitrogen and oxygen atoms in total. The van der Waals surface area contributed by atoms with E-state index in [1.807, 2.05) is 79.7 Å². The molecule has 0 aliphatic rings. The van der Waals surface area contributed by atoms with E-state index < -0.39 is 7.37 Å². The highest BCUT2D eigenvalue weighted by Crippen LogP contribution is 2.49. The first-order valence-electron chi connectivity index (χ1n) is 7.81. The van der Waals surface area contributed by atoms with E-state index in [-0.39, 0.29) is 0 Å². The van der Waals surface area contributed by atoms with Crippen LogP contribution in [-0.2, 0) is 9.09 Å². The van der Waals surface area contributed by atoms with Gasteiger partial charge >= 0.3 is 0 Å². The molecule has 0 heterocycles. The zero-order chi connectivity index (χ0) is 17.0. The van der Waals surface area contributed by atoms with Crippen molar-refractivity contribution in [3.63, 3.8) is 0 Å². The summed E-state index contributed by atoms with van der Waals surface area (Å²) < 4.78 is 19.7. The van der Waals surface area contributed by atoms with Gasteiger partial charge in [-0.2, -0.15) is 0 Å². The molecule has 0 radical (unpaired) electrons. The van der Waals surface area contributed by atoms with Crippen LogP contribution >= 0.6 is 19.0 Å². The number of hydrogen-bond acceptors (Lipinski definition) is 2. The Hall–Kier alpha value is -1.86. The van der Waals surface area contributed by atoms with E-state index in [0.717, 1.165) is 11.1 Å². The van der Waals surface area contributed by atoms with Crippen LogP contribution in [0.4, 0.5) is 0 Å². The van der Waals surface area contributed by atoms with Crippen LogP contribution in [0.2, 0.25) is 5.02 Å². The first kappa shape index (κ1) is 17.0. The topological polar surface area (TPSA) is 26.3 Å². The summed E-state index contributed by atoms with van der Waals surface area (Å²) >= 11 is 6.50. The summed E-state index contributed by atoms with van der Waals surface area (Å²) in [6, 6.07) is 24.7. The van der Waals surface area contributed by atoms with Crippen LogP contribution in [0.25, 0.3) is 11.1 Å². The molecule has 0 N–H and O–H groups in total. The van der Waals surface area contributed by atoms with Gasteiger partial charge in [0.1, 0.15) is 0 Å². The van der Waals surface area contributed by atoms with Gasteiger partial charge in [0.2, 0.25) is 0 Å². The van der Waals surface area contributed by atoms with Gasteiger partial charge in [0.25, 0.3) is 7.37 Å². The van der Waals surface area contributed by atoms with Gasteiger partial charge in [0.15, 0.2) is 0 Å². The predicted molar refractivity (Wildman–Crippen MR) is 102 cm³/mol. The van der Waals surface area contributed by atoms with E-state index in [1.165, 1.54) is 0 Å². The van der Waals surface area contributed by atoms with Gasteiger partial charge in [0.05, 0.1) is 16.9 Å². The van der Waals surface area contributed by atoms with Crippen molar-refractivity contribution < 1.29 is 9.09 Å². The van der Waals surface area contributed by atoms with E-state index in [0.29, 0.717) is 22.2 Å². The van der Waals surface area contributed by atoms with E-state index >= 15 is 0 Å². The zero-order valence-corrected chi connectivity index (χ0v) is 15.0. The lowest BCUT2D eigenvalue weighted by Crippen LogP contribution is -2.21. The lowest BCUT2D eigenvalue weighted by molar-refractivity contribution is 0.348. The summed E-state index contributed by atoms with van der Waals surface area (Å²) in [5.41, 5.74) is 1.80. The smallest absolute Gasteiger partial charge is 0.263 e. The van der Waals surface area contributed by atoms with Crippen molar-refractivity contribution in [3.8, 4) is 11.1 Å². The number of hydrogen-bond donors (Lipinski definition) is 0. The summed E-state index contributed by atoms with van der Waals surface area (Å²) in [6.07, 6.45) is 0. The van der Waals surface area contributed by atoms with Crippen molar-refractivity contribution in [3.05, 3.63) is 83.9 Å². The molecule has 4 heteroatoms. The SMILES string of the molecule is CCOP(=O)(c1ccccc1)c1c(Cl)cccc1-c1ccccc1. The van der Waals surface area contributed by atoms with Crippen molar-refractivity contribution in [1.82, 2.24) is 0 Å². The summed E-state index contributed by atoms with van der Waals surface area (Å²) in [5.74, 6) is 0. The fourth-order valence-electron chi connectivity index (χ4n) is 2.74. The van der Waals surface area contributed by atoms with Crippen molar-refractivity contribution in [2.24, 2.45) is 0 Å². The first-order valence-corrected chi connectivity index (χ1v) is 9.82. The third-order valence-electron chi connectivity index (χ3n) is 3.77. The van der Waals surface area contributed by atoms with Crippen LogP contribution in [-0.4, -0.2) is 6.61 Å². The Morgan fingerprint density at radius 3 is 2.12 bits per heavy atom. The second-order valence-corrected chi connectivity index (χ2v) is 8.04. The standard InChI is InChI=1S/C20H18ClO2P/c1-2-23-24(22,17-12-7-4-8-13-17)20-18(14-9-15-19(20)21)16-10-5-3-6-11-16/h3-15H,2H2,1H3. The average Bonchev–Trinajstić information content (AvgIpc) is 2.63. The third kappa shape index (κ3) is 3.18. The lowest BCUT2D eigenvalue weighted by Gasteiger charge is -2.22. The molecule has 1 atom stereocenters. The minimum absolute atomic E-state index is 0.339. The molecule has 24 heavy (non-hydrogen) atoms. The Morgan fingerprint density at radius 2 is 1.50 bits per heavy atom. The van der Waals surface area contributed by atoms with Crippen LogP contribution in [0.1, 0.15) is 6.92 Å². The highest BCUT2D eigenvalue weighted by Gasteiger charge is 2.33. The molecule has 0 saturated heterocycles. The maximum Gasteiger partial charge on any atom is 0.263 e. The quantitative estimate of drug-likeness (QED) is 0.582. The summed E-state index contributed by atoms with van der Waals surface area (Å²) in [5, 5.41) is 1.67. The minimum atomic E-state index is -3.30. The molecular formula is C20H18ClO2P. The van der Waals surface area contributed by atoms with Gasteiger partial charge in [-0.15, -0.1) is 0 Å². The first-order chi connectivity index (χ1) is 11.7. The number of rotatable bonds is 5. The van der Waals surface area contributed by atoms with Crippen molar-refractivity contribution in [2.45, 2.75) is 6.92 Å². The fourth-order valence-corrected chi connectivity index (χ4v) is 5.59. The van der Waals surface area contributed by atoms with Crippen LogP contribution in [0.5, 0.6) is 0 Å². The lowest BCUT2D eigenvalue weighted by atomic mass is 10.1. The minimum Gasteiger partial charge on any atom is -0.322 e. The number of halogens is 1. The van der Waals surface area contributed by atoms with Gasteiger partial charge in [-0.05, 0) is 36.2 Å². The van der Waals surface area contributed by atoms with Crippen LogP contribution < -0.4 is 10.6 Å². The molecule has 0 aliphatic carbocycles. The molecule has 0 aliphatic heterocycles. The Labute approximate surface area is 147 Å². The third-order valence-corrected chi connectivity index (χ3v) is 6.89. The summed E-state index contributed by atoms with van der Waals surface area (Å²) in [7, 11) is -3.30. The highest BCUT2D eigenvalue weighted by atomic mass is 35.5. The molecule has 0 aromatic heterocycles. The molecule has 3 rings (SSSR count). The molecule has 0 amide bonds. The molecule has 0 fully saturated rings. The Balaban J connectivity index is 2.29. The van der Waals surface area contributed by atoms with Crippen molar-refractivity contribution in [2.75, 3.05) is 6.61 Å². The monoisotopic (exact) mass is 356 g/mol. The number of benzene rings is 3. The molecule has 1 unspecified atom stereocenters. The molecule has 0 bridgehead atoms. The molecule has 3 aromatic rings. The Bertz CT molecular complexity index is 863. The molecular weight excluding hydrogens is 339 g/mol. The Morgan fingerprint density at radius 1 is 0.875 bits per heavy atom. The molecule has 122 valence electrons. The van der Waals surface area contributed by atoms with Crippen LogP contribution in [0, 0.1) is 0 Å². The normalized spacial score (nSPS) is 13.4. The maximum atomic E-state index is 13.9. The highest BCUT2D eigenvalue weighted by molar-refractivity contribution is 7.74. The van der Waals surface area contributed by atoms with Crippen LogP contribution in [0.15, 0.2) is 78.9 Å². The largest absolute Gasteiger partial charge is 0.322 e. The van der Waals surface area contributed by atoms with E-state index in [4.69, 9.17) is 16.1 Å². The van der Waals surface area contributed by atoms with Gasteiger partial charge in [-0.3, -0.25) is 4.57 Å². The van der Waals surface area contributed by atoms with E-state index in [2.05, 4.69) is 0 Å². The summed E-state index contributed by atoms with van der Waals surface area (Å²) in [6.45, 7) is 2.18. The molecule has 3 aromatic carbocycles. The van der Waals surface area contributed by atoms with Crippen molar-refractivity contribution >= 4 is 29.6 Å². The fraction of sp³-hybridized carbons (Fsp3) is 0.100. The van der Waals surface area contributed by atoms with Gasteiger partial charge in [-0.25, -0.2) is 0 Å². The molecule has 0 spiro atoms. The zero-order valence-electron chi connectivity index (χ0n) is 13.4. The second kappa shape index (κ2) is 7.36. The molecule has 0 saturated carbocycles. The van der Waals surface area contributed by atoms with Gasteiger partial charge in [0, 0.05) is 5.30 Å². The van der Waals surface area contributed by atoms with Gasteiger partial charge in [-0.1, -0.05) is 72.3 Å². The van der Waals surface area contributed by atoms with Crippen molar-refractivity contribution in [1.29, 1.82) is 0 Å². The van der Waals surface area contributed by atoms with Gasteiger partial charge < -0.3 is 4.52 Å². The van der Waals surface area contributed by atoms with E-state index in [1.54, 1.807) is 6.07 Å². The summed E-state index contributed by atoms with van der Waals surface area (Å²) in [4.78, 5) is 0.